The van der Waals surface area contributed by atoms with Crippen molar-refractivity contribution in [1.82, 2.24) is 5.32 Å². The van der Waals surface area contributed by atoms with Gasteiger partial charge >= 0.3 is 0 Å². The van der Waals surface area contributed by atoms with E-state index in [1.165, 1.54) is 16.7 Å². The summed E-state index contributed by atoms with van der Waals surface area (Å²) < 4.78 is 0. The Hall–Kier alpha value is -2.13. The lowest BCUT2D eigenvalue weighted by Crippen LogP contribution is -2.18. The highest BCUT2D eigenvalue weighted by atomic mass is 16.1. The van der Waals surface area contributed by atoms with Gasteiger partial charge in [-0.05, 0) is 61.2 Å². The predicted molar refractivity (Wildman–Crippen MR) is 86.3 cm³/mol. The lowest BCUT2D eigenvalue weighted by atomic mass is 10.0. The second-order valence-corrected chi connectivity index (χ2v) is 5.36. The molecule has 0 saturated heterocycles. The van der Waals surface area contributed by atoms with E-state index in [1.807, 2.05) is 19.1 Å². The van der Waals surface area contributed by atoms with Gasteiger partial charge in [0.15, 0.2) is 0 Å². The smallest absolute Gasteiger partial charge is 0.248 e. The molecule has 2 aromatic rings. The molecule has 21 heavy (non-hydrogen) atoms. The molecule has 3 nitrogen and oxygen atoms in total. The Morgan fingerprint density at radius 2 is 1.81 bits per heavy atom. The second kappa shape index (κ2) is 7.04. The minimum atomic E-state index is -0.378. The molecule has 0 heterocycles. The molecule has 0 unspecified atom stereocenters. The minimum absolute atomic E-state index is 0.378. The maximum atomic E-state index is 11.1. The Bertz CT molecular complexity index is 635. The second-order valence-electron chi connectivity index (χ2n) is 5.36. The maximum Gasteiger partial charge on any atom is 0.248 e. The van der Waals surface area contributed by atoms with E-state index in [1.54, 1.807) is 6.07 Å². The minimum Gasteiger partial charge on any atom is -0.366 e. The number of aryl methyl sites for hydroxylation is 2. The van der Waals surface area contributed by atoms with Crippen LogP contribution in [0.15, 0.2) is 42.5 Å². The first-order valence-electron chi connectivity index (χ1n) is 7.22. The van der Waals surface area contributed by atoms with Crippen LogP contribution >= 0.6 is 0 Å². The first-order chi connectivity index (χ1) is 10.1. The van der Waals surface area contributed by atoms with E-state index in [2.05, 4.69) is 36.5 Å². The van der Waals surface area contributed by atoms with Gasteiger partial charge < -0.3 is 11.1 Å². The van der Waals surface area contributed by atoms with E-state index in [9.17, 15) is 4.79 Å². The van der Waals surface area contributed by atoms with E-state index >= 15 is 0 Å². The SMILES string of the molecule is Cc1ccccc1CCNCc1ccc(C(N)=O)cc1C. The van der Waals surface area contributed by atoms with E-state index in [0.717, 1.165) is 25.1 Å². The van der Waals surface area contributed by atoms with Crippen molar-refractivity contribution < 1.29 is 4.79 Å². The van der Waals surface area contributed by atoms with Crippen molar-refractivity contribution in [2.24, 2.45) is 5.73 Å². The van der Waals surface area contributed by atoms with Crippen LogP contribution in [0.5, 0.6) is 0 Å². The number of nitrogens with one attached hydrogen (secondary N) is 1. The summed E-state index contributed by atoms with van der Waals surface area (Å²) in [5, 5.41) is 3.45. The molecule has 0 radical (unpaired) electrons. The number of rotatable bonds is 6. The van der Waals surface area contributed by atoms with Crippen molar-refractivity contribution in [3.8, 4) is 0 Å². The summed E-state index contributed by atoms with van der Waals surface area (Å²) in [6, 6.07) is 14.1. The first kappa shape index (κ1) is 15.3. The van der Waals surface area contributed by atoms with Gasteiger partial charge in [0.25, 0.3) is 0 Å². The third-order valence-corrected chi connectivity index (χ3v) is 3.77. The molecule has 1 amide bonds. The van der Waals surface area contributed by atoms with Crippen LogP contribution in [0, 0.1) is 13.8 Å². The Kier molecular flexibility index (Phi) is 5.12. The molecule has 2 aromatic carbocycles. The van der Waals surface area contributed by atoms with Gasteiger partial charge in [-0.25, -0.2) is 0 Å². The number of carbonyl (C=O) groups excluding carboxylic acids is 1. The molecule has 0 saturated carbocycles. The zero-order valence-corrected chi connectivity index (χ0v) is 12.6. The van der Waals surface area contributed by atoms with Crippen LogP contribution < -0.4 is 11.1 Å². The summed E-state index contributed by atoms with van der Waals surface area (Å²) in [4.78, 5) is 11.1. The van der Waals surface area contributed by atoms with Crippen molar-refractivity contribution in [2.45, 2.75) is 26.8 Å². The quantitative estimate of drug-likeness (QED) is 0.800. The standard InChI is InChI=1S/C18H22N2O/c1-13-5-3-4-6-15(13)9-10-20-12-17-8-7-16(18(19)21)11-14(17)2/h3-8,11,20H,9-10,12H2,1-2H3,(H2,19,21). The fraction of sp³-hybridized carbons (Fsp3) is 0.278. The van der Waals surface area contributed by atoms with Gasteiger partial charge in [-0.1, -0.05) is 30.3 Å². The third-order valence-electron chi connectivity index (χ3n) is 3.77. The molecule has 110 valence electrons. The molecule has 2 rings (SSSR count). The Morgan fingerprint density at radius 3 is 2.48 bits per heavy atom. The van der Waals surface area contributed by atoms with Gasteiger partial charge in [-0.3, -0.25) is 4.79 Å². The van der Waals surface area contributed by atoms with Crippen LogP contribution in [0.3, 0.4) is 0 Å². The zero-order valence-electron chi connectivity index (χ0n) is 12.6. The number of amides is 1. The summed E-state index contributed by atoms with van der Waals surface area (Å²) in [7, 11) is 0. The van der Waals surface area contributed by atoms with E-state index in [0.29, 0.717) is 5.56 Å². The van der Waals surface area contributed by atoms with Gasteiger partial charge in [-0.2, -0.15) is 0 Å². The highest BCUT2D eigenvalue weighted by Crippen LogP contribution is 2.11. The number of hydrogen-bond acceptors (Lipinski definition) is 2. The maximum absolute atomic E-state index is 11.1. The van der Waals surface area contributed by atoms with Gasteiger partial charge in [0, 0.05) is 12.1 Å². The molecule has 0 aromatic heterocycles. The number of hydrogen-bond donors (Lipinski definition) is 2. The van der Waals surface area contributed by atoms with Gasteiger partial charge in [0.05, 0.1) is 0 Å². The summed E-state index contributed by atoms with van der Waals surface area (Å²) in [5.41, 5.74) is 10.9. The summed E-state index contributed by atoms with van der Waals surface area (Å²) >= 11 is 0. The topological polar surface area (TPSA) is 55.1 Å². The first-order valence-corrected chi connectivity index (χ1v) is 7.22. The number of nitrogens with two attached hydrogens (primary N) is 1. The third kappa shape index (κ3) is 4.17. The molecule has 3 N–H and O–H groups in total. The zero-order chi connectivity index (χ0) is 15.2. The summed E-state index contributed by atoms with van der Waals surface area (Å²) in [6.45, 7) is 5.88. The van der Waals surface area contributed by atoms with E-state index < -0.39 is 0 Å². The highest BCUT2D eigenvalue weighted by Gasteiger charge is 2.04. The summed E-state index contributed by atoms with van der Waals surface area (Å²) in [6.07, 6.45) is 1.02. The van der Waals surface area contributed by atoms with E-state index in [-0.39, 0.29) is 5.91 Å². The number of benzene rings is 2. The normalized spacial score (nSPS) is 10.6. The molecule has 0 spiro atoms. The molecular weight excluding hydrogens is 260 g/mol. The van der Waals surface area contributed by atoms with Crippen molar-refractivity contribution in [1.29, 1.82) is 0 Å². The van der Waals surface area contributed by atoms with Crippen LogP contribution in [0.25, 0.3) is 0 Å². The molecule has 0 bridgehead atoms. The van der Waals surface area contributed by atoms with Crippen molar-refractivity contribution >= 4 is 5.91 Å². The van der Waals surface area contributed by atoms with Crippen LogP contribution in [0.1, 0.15) is 32.6 Å². The van der Waals surface area contributed by atoms with Crippen molar-refractivity contribution in [3.05, 3.63) is 70.3 Å². The van der Waals surface area contributed by atoms with Crippen molar-refractivity contribution in [3.63, 3.8) is 0 Å². The van der Waals surface area contributed by atoms with Gasteiger partial charge in [0.2, 0.25) is 5.91 Å². The monoisotopic (exact) mass is 282 g/mol. The Labute approximate surface area is 126 Å². The van der Waals surface area contributed by atoms with E-state index in [4.69, 9.17) is 5.73 Å². The molecular formula is C18H22N2O. The molecule has 3 heteroatoms. The Morgan fingerprint density at radius 1 is 1.05 bits per heavy atom. The number of primary amides is 1. The van der Waals surface area contributed by atoms with Gasteiger partial charge in [-0.15, -0.1) is 0 Å². The average molecular weight is 282 g/mol. The molecule has 0 aliphatic carbocycles. The largest absolute Gasteiger partial charge is 0.366 e. The van der Waals surface area contributed by atoms with Crippen LogP contribution in [-0.4, -0.2) is 12.5 Å². The fourth-order valence-electron chi connectivity index (χ4n) is 2.38. The van der Waals surface area contributed by atoms with Crippen molar-refractivity contribution in [2.75, 3.05) is 6.54 Å². The highest BCUT2D eigenvalue weighted by molar-refractivity contribution is 5.93. The predicted octanol–water partition coefficient (Wildman–Crippen LogP) is 2.73. The fourth-order valence-corrected chi connectivity index (χ4v) is 2.38. The molecule has 0 fully saturated rings. The van der Waals surface area contributed by atoms with Gasteiger partial charge in [0.1, 0.15) is 0 Å². The Balaban J connectivity index is 1.87. The molecule has 0 aliphatic rings. The van der Waals surface area contributed by atoms with Crippen LogP contribution in [0.4, 0.5) is 0 Å². The number of carbonyl (C=O) groups is 1. The molecule has 0 aliphatic heterocycles. The van der Waals surface area contributed by atoms with Crippen LogP contribution in [-0.2, 0) is 13.0 Å². The summed E-state index contributed by atoms with van der Waals surface area (Å²) in [5.74, 6) is -0.378. The lowest BCUT2D eigenvalue weighted by molar-refractivity contribution is 0.1000. The molecule has 0 atom stereocenters. The average Bonchev–Trinajstić information content (AvgIpc) is 2.46. The van der Waals surface area contributed by atoms with Crippen LogP contribution in [0.2, 0.25) is 0 Å². The lowest BCUT2D eigenvalue weighted by Gasteiger charge is -2.10.